The van der Waals surface area contributed by atoms with E-state index in [9.17, 15) is 20.2 Å². The van der Waals surface area contributed by atoms with Gasteiger partial charge < -0.3 is 4.90 Å². The van der Waals surface area contributed by atoms with Crippen molar-refractivity contribution in [3.05, 3.63) is 110 Å². The summed E-state index contributed by atoms with van der Waals surface area (Å²) in [6, 6.07) is 15.2. The molecule has 7 heteroatoms. The fourth-order valence-corrected chi connectivity index (χ4v) is 3.01. The van der Waals surface area contributed by atoms with Gasteiger partial charge in [0, 0.05) is 31.0 Å². The molecular weight excluding hydrogens is 334 g/mol. The van der Waals surface area contributed by atoms with Crippen molar-refractivity contribution in [2.24, 2.45) is 0 Å². The molecule has 3 rings (SSSR count). The first-order chi connectivity index (χ1) is 12.6. The Labute approximate surface area is 150 Å². The average molecular weight is 351 g/mol. The molecule has 1 unspecified atom stereocenters. The van der Waals surface area contributed by atoms with Crippen molar-refractivity contribution >= 4 is 5.69 Å². The van der Waals surface area contributed by atoms with Gasteiger partial charge in [0.15, 0.2) is 0 Å². The summed E-state index contributed by atoms with van der Waals surface area (Å²) in [7, 11) is 0. The Hall–Kier alpha value is -3.48. The Morgan fingerprint density at radius 1 is 0.923 bits per heavy atom. The Morgan fingerprint density at radius 2 is 1.62 bits per heavy atom. The lowest BCUT2D eigenvalue weighted by atomic mass is 9.99. The number of nitrogens with zero attached hydrogens (tertiary/aromatic N) is 3. The lowest BCUT2D eigenvalue weighted by molar-refractivity contribution is -0.433. The Balaban J connectivity index is 1.87. The van der Waals surface area contributed by atoms with Gasteiger partial charge in [0.1, 0.15) is 6.04 Å². The number of nitro groups is 2. The van der Waals surface area contributed by atoms with Crippen LogP contribution in [-0.2, 0) is 6.42 Å². The van der Waals surface area contributed by atoms with E-state index in [2.05, 4.69) is 0 Å². The van der Waals surface area contributed by atoms with Gasteiger partial charge in [-0.15, -0.1) is 0 Å². The SMILES string of the molecule is O=[N+]([O-])C1=CC=CN(CCc2ccccc2)C1c1ccc([N+](=O)[O-])cc1. The third-order valence-corrected chi connectivity index (χ3v) is 4.29. The lowest BCUT2D eigenvalue weighted by Crippen LogP contribution is -2.31. The highest BCUT2D eigenvalue weighted by Crippen LogP contribution is 2.33. The van der Waals surface area contributed by atoms with Crippen LogP contribution in [0.15, 0.2) is 78.6 Å². The van der Waals surface area contributed by atoms with Crippen molar-refractivity contribution < 1.29 is 9.85 Å². The molecule has 7 nitrogen and oxygen atoms in total. The number of non-ortho nitro benzene ring substituents is 1. The first kappa shape index (κ1) is 17.3. The van der Waals surface area contributed by atoms with Crippen LogP contribution in [0.5, 0.6) is 0 Å². The van der Waals surface area contributed by atoms with Gasteiger partial charge in [0.05, 0.1) is 9.85 Å². The number of allylic oxidation sites excluding steroid dienone is 2. The standard InChI is InChI=1S/C19H17N3O4/c23-21(24)17-10-8-16(9-11-17)19-18(22(25)26)7-4-13-20(19)14-12-15-5-2-1-3-6-15/h1-11,13,19H,12,14H2. The van der Waals surface area contributed by atoms with Crippen molar-refractivity contribution in [1.82, 2.24) is 4.90 Å². The van der Waals surface area contributed by atoms with Crippen LogP contribution < -0.4 is 0 Å². The molecule has 2 aromatic rings. The maximum atomic E-state index is 11.5. The predicted octanol–water partition coefficient (Wildman–Crippen LogP) is 3.87. The summed E-state index contributed by atoms with van der Waals surface area (Å²) < 4.78 is 0. The van der Waals surface area contributed by atoms with Gasteiger partial charge in [-0.05, 0) is 35.8 Å². The molecule has 132 valence electrons. The fraction of sp³-hybridized carbons (Fsp3) is 0.158. The molecule has 0 aliphatic carbocycles. The third kappa shape index (κ3) is 3.77. The van der Waals surface area contributed by atoms with E-state index in [0.29, 0.717) is 12.1 Å². The van der Waals surface area contributed by atoms with Crippen LogP contribution in [0.25, 0.3) is 0 Å². The van der Waals surface area contributed by atoms with Gasteiger partial charge >= 0.3 is 0 Å². The van der Waals surface area contributed by atoms with Crippen LogP contribution in [0.1, 0.15) is 17.2 Å². The Morgan fingerprint density at radius 3 is 2.23 bits per heavy atom. The molecule has 0 spiro atoms. The molecular formula is C19H17N3O4. The van der Waals surface area contributed by atoms with E-state index in [-0.39, 0.29) is 11.4 Å². The van der Waals surface area contributed by atoms with E-state index in [0.717, 1.165) is 12.0 Å². The van der Waals surface area contributed by atoms with E-state index in [1.54, 1.807) is 18.2 Å². The Bertz CT molecular complexity index is 860. The first-order valence-electron chi connectivity index (χ1n) is 8.13. The molecule has 0 saturated heterocycles. The first-order valence-corrected chi connectivity index (χ1v) is 8.13. The van der Waals surface area contributed by atoms with Crippen LogP contribution in [0.3, 0.4) is 0 Å². The second kappa shape index (κ2) is 7.60. The second-order valence-electron chi connectivity index (χ2n) is 5.91. The summed E-state index contributed by atoms with van der Waals surface area (Å²) in [4.78, 5) is 23.4. The molecule has 0 saturated carbocycles. The number of hydrogen-bond donors (Lipinski definition) is 0. The maximum absolute atomic E-state index is 11.5. The quantitative estimate of drug-likeness (QED) is 0.582. The minimum absolute atomic E-state index is 0.0393. The molecule has 2 aromatic carbocycles. The van der Waals surface area contributed by atoms with Gasteiger partial charge in [-0.3, -0.25) is 20.2 Å². The van der Waals surface area contributed by atoms with Crippen molar-refractivity contribution in [3.63, 3.8) is 0 Å². The molecule has 1 aliphatic heterocycles. The molecule has 0 aromatic heterocycles. The molecule has 26 heavy (non-hydrogen) atoms. The van der Waals surface area contributed by atoms with Gasteiger partial charge in [0.25, 0.3) is 11.4 Å². The highest BCUT2D eigenvalue weighted by molar-refractivity contribution is 5.38. The predicted molar refractivity (Wildman–Crippen MR) is 96.9 cm³/mol. The van der Waals surface area contributed by atoms with E-state index >= 15 is 0 Å². The van der Waals surface area contributed by atoms with Crippen LogP contribution in [-0.4, -0.2) is 21.3 Å². The fourth-order valence-electron chi connectivity index (χ4n) is 3.01. The minimum Gasteiger partial charge on any atom is -0.361 e. The van der Waals surface area contributed by atoms with Gasteiger partial charge in [-0.1, -0.05) is 30.3 Å². The molecule has 1 atom stereocenters. The smallest absolute Gasteiger partial charge is 0.273 e. The maximum Gasteiger partial charge on any atom is 0.273 e. The van der Waals surface area contributed by atoms with Gasteiger partial charge in [0.2, 0.25) is 0 Å². The van der Waals surface area contributed by atoms with Crippen LogP contribution in [0.4, 0.5) is 5.69 Å². The summed E-state index contributed by atoms with van der Waals surface area (Å²) in [5.74, 6) is 0. The third-order valence-electron chi connectivity index (χ3n) is 4.29. The van der Waals surface area contributed by atoms with E-state index in [4.69, 9.17) is 0 Å². The highest BCUT2D eigenvalue weighted by atomic mass is 16.6. The van der Waals surface area contributed by atoms with Crippen molar-refractivity contribution in [3.8, 4) is 0 Å². The van der Waals surface area contributed by atoms with E-state index in [1.165, 1.54) is 18.2 Å². The minimum atomic E-state index is -0.584. The molecule has 0 bridgehead atoms. The molecule has 0 amide bonds. The number of rotatable bonds is 6. The lowest BCUT2D eigenvalue weighted by Gasteiger charge is -2.31. The number of hydrogen-bond acceptors (Lipinski definition) is 5. The van der Waals surface area contributed by atoms with E-state index in [1.807, 2.05) is 41.4 Å². The van der Waals surface area contributed by atoms with Gasteiger partial charge in [-0.2, -0.15) is 0 Å². The summed E-state index contributed by atoms with van der Waals surface area (Å²) in [6.45, 7) is 0.591. The molecule has 1 aliphatic rings. The van der Waals surface area contributed by atoms with Crippen LogP contribution >= 0.6 is 0 Å². The van der Waals surface area contributed by atoms with E-state index < -0.39 is 15.9 Å². The molecule has 0 N–H and O–H groups in total. The Kier molecular flexibility index (Phi) is 5.07. The number of benzene rings is 2. The highest BCUT2D eigenvalue weighted by Gasteiger charge is 2.32. The summed E-state index contributed by atoms with van der Waals surface area (Å²) in [5, 5.41) is 22.4. The summed E-state index contributed by atoms with van der Waals surface area (Å²) >= 11 is 0. The molecule has 0 fully saturated rings. The zero-order chi connectivity index (χ0) is 18.5. The zero-order valence-corrected chi connectivity index (χ0v) is 13.9. The van der Waals surface area contributed by atoms with Crippen molar-refractivity contribution in [2.75, 3.05) is 6.54 Å². The largest absolute Gasteiger partial charge is 0.361 e. The normalized spacial score (nSPS) is 16.2. The van der Waals surface area contributed by atoms with Crippen molar-refractivity contribution in [2.45, 2.75) is 12.5 Å². The topological polar surface area (TPSA) is 89.5 Å². The summed E-state index contributed by atoms with van der Waals surface area (Å²) in [6.07, 6.45) is 5.69. The average Bonchev–Trinajstić information content (AvgIpc) is 2.67. The zero-order valence-electron chi connectivity index (χ0n) is 13.9. The second-order valence-corrected chi connectivity index (χ2v) is 5.91. The number of nitro benzene ring substituents is 1. The van der Waals surface area contributed by atoms with Crippen LogP contribution in [0.2, 0.25) is 0 Å². The summed E-state index contributed by atoms with van der Waals surface area (Å²) in [5.41, 5.74) is 1.80. The molecule has 0 radical (unpaired) electrons. The molecule has 1 heterocycles. The van der Waals surface area contributed by atoms with Crippen molar-refractivity contribution in [1.29, 1.82) is 0 Å². The monoisotopic (exact) mass is 351 g/mol. The van der Waals surface area contributed by atoms with Crippen LogP contribution in [0, 0.1) is 20.2 Å². The van der Waals surface area contributed by atoms with Gasteiger partial charge in [-0.25, -0.2) is 0 Å².